The van der Waals surface area contributed by atoms with Crippen molar-refractivity contribution in [3.05, 3.63) is 59.7 Å². The summed E-state index contributed by atoms with van der Waals surface area (Å²) in [6.07, 6.45) is 0. The van der Waals surface area contributed by atoms with Gasteiger partial charge in [-0.3, -0.25) is 0 Å². The highest BCUT2D eigenvalue weighted by Gasteiger charge is 2.32. The van der Waals surface area contributed by atoms with Gasteiger partial charge >= 0.3 is 0 Å². The average Bonchev–Trinajstić information content (AvgIpc) is 3.21. The Labute approximate surface area is 178 Å². The Kier molecular flexibility index (Phi) is 5.66. The van der Waals surface area contributed by atoms with Gasteiger partial charge in [0, 0.05) is 31.7 Å². The summed E-state index contributed by atoms with van der Waals surface area (Å²) in [6.45, 7) is 10.2. The van der Waals surface area contributed by atoms with Gasteiger partial charge in [-0.2, -0.15) is 4.98 Å². The number of nitrogens with zero attached hydrogens (tertiary/aromatic N) is 3. The van der Waals surface area contributed by atoms with Crippen LogP contribution >= 0.6 is 0 Å². The molecule has 0 radical (unpaired) electrons. The predicted molar refractivity (Wildman–Crippen MR) is 118 cm³/mol. The number of sulfone groups is 1. The molecule has 0 aliphatic carbocycles. The van der Waals surface area contributed by atoms with Gasteiger partial charge in [0.15, 0.2) is 0 Å². The largest absolute Gasteiger partial charge is 0.419 e. The SMILES string of the molecule is CCN1CCN(c2oc(-c3cccc(C)c3)nc2S(=O)(=O)c2ccc(C)cc2)CC1. The summed E-state index contributed by atoms with van der Waals surface area (Å²) in [5.74, 6) is 0.667. The number of aromatic nitrogens is 1. The molecule has 1 aliphatic rings. The van der Waals surface area contributed by atoms with Gasteiger partial charge in [0.05, 0.1) is 4.90 Å². The Bertz CT molecular complexity index is 1130. The number of oxazole rings is 1. The van der Waals surface area contributed by atoms with E-state index >= 15 is 0 Å². The maximum absolute atomic E-state index is 13.5. The Balaban J connectivity index is 1.80. The fourth-order valence-corrected chi connectivity index (χ4v) is 4.99. The van der Waals surface area contributed by atoms with Gasteiger partial charge in [-0.25, -0.2) is 8.42 Å². The van der Waals surface area contributed by atoms with Crippen LogP contribution in [0.15, 0.2) is 62.9 Å². The fourth-order valence-electron chi connectivity index (χ4n) is 3.67. The van der Waals surface area contributed by atoms with Crippen LogP contribution in [0.1, 0.15) is 18.1 Å². The zero-order valence-corrected chi connectivity index (χ0v) is 18.4. The number of likely N-dealkylation sites (N-methyl/N-ethyl adjacent to an activating group) is 1. The van der Waals surface area contributed by atoms with Crippen molar-refractivity contribution in [3.63, 3.8) is 0 Å². The van der Waals surface area contributed by atoms with Crippen molar-refractivity contribution >= 4 is 15.7 Å². The molecule has 1 aliphatic heterocycles. The highest BCUT2D eigenvalue weighted by molar-refractivity contribution is 7.91. The van der Waals surface area contributed by atoms with Gasteiger partial charge < -0.3 is 14.2 Å². The highest BCUT2D eigenvalue weighted by atomic mass is 32.2. The quantitative estimate of drug-likeness (QED) is 0.617. The van der Waals surface area contributed by atoms with Crippen LogP contribution < -0.4 is 4.90 Å². The van der Waals surface area contributed by atoms with Crippen LogP contribution in [0.4, 0.5) is 5.88 Å². The molecule has 1 saturated heterocycles. The summed E-state index contributed by atoms with van der Waals surface area (Å²) < 4.78 is 33.1. The molecule has 0 atom stereocenters. The first kappa shape index (κ1) is 20.6. The van der Waals surface area contributed by atoms with Crippen LogP contribution in [0.5, 0.6) is 0 Å². The standard InChI is InChI=1S/C23H27N3O3S/c1-4-25-12-14-26(15-13-25)23-22(30(27,28)20-10-8-17(2)9-11-20)24-21(29-23)19-7-5-6-18(3)16-19/h5-11,16H,4,12-15H2,1-3H3. The highest BCUT2D eigenvalue weighted by Crippen LogP contribution is 2.35. The molecule has 0 saturated carbocycles. The first-order valence-corrected chi connectivity index (χ1v) is 11.7. The Morgan fingerprint density at radius 2 is 1.67 bits per heavy atom. The molecule has 0 amide bonds. The van der Waals surface area contributed by atoms with Crippen molar-refractivity contribution in [2.45, 2.75) is 30.7 Å². The summed E-state index contributed by atoms with van der Waals surface area (Å²) in [6, 6.07) is 14.6. The Morgan fingerprint density at radius 3 is 2.30 bits per heavy atom. The molecule has 2 aromatic carbocycles. The van der Waals surface area contributed by atoms with E-state index < -0.39 is 9.84 Å². The van der Waals surface area contributed by atoms with Crippen LogP contribution in [0, 0.1) is 13.8 Å². The minimum atomic E-state index is -3.81. The first-order chi connectivity index (χ1) is 14.4. The summed E-state index contributed by atoms with van der Waals surface area (Å²) in [5.41, 5.74) is 2.84. The van der Waals surface area contributed by atoms with Crippen molar-refractivity contribution in [2.24, 2.45) is 0 Å². The number of benzene rings is 2. The Hall–Kier alpha value is -2.64. The van der Waals surface area contributed by atoms with E-state index in [0.29, 0.717) is 24.9 Å². The summed E-state index contributed by atoms with van der Waals surface area (Å²) in [7, 11) is -3.81. The molecule has 4 rings (SSSR count). The van der Waals surface area contributed by atoms with Crippen LogP contribution in [0.25, 0.3) is 11.5 Å². The maximum atomic E-state index is 13.5. The number of piperazine rings is 1. The van der Waals surface area contributed by atoms with Crippen LogP contribution in [0.2, 0.25) is 0 Å². The third-order valence-electron chi connectivity index (χ3n) is 5.54. The van der Waals surface area contributed by atoms with E-state index in [1.807, 2.05) is 43.0 Å². The van der Waals surface area contributed by atoms with E-state index in [4.69, 9.17) is 4.42 Å². The topological polar surface area (TPSA) is 66.7 Å². The molecule has 0 bridgehead atoms. The van der Waals surface area contributed by atoms with Crippen molar-refractivity contribution in [2.75, 3.05) is 37.6 Å². The van der Waals surface area contributed by atoms with Gasteiger partial charge in [-0.05, 0) is 44.7 Å². The van der Waals surface area contributed by atoms with Crippen molar-refractivity contribution in [1.82, 2.24) is 9.88 Å². The lowest BCUT2D eigenvalue weighted by atomic mass is 10.1. The van der Waals surface area contributed by atoms with Gasteiger partial charge in [0.25, 0.3) is 0 Å². The predicted octanol–water partition coefficient (Wildman–Crippen LogP) is 3.93. The molecular weight excluding hydrogens is 398 g/mol. The number of anilines is 1. The van der Waals surface area contributed by atoms with Gasteiger partial charge in [0.1, 0.15) is 0 Å². The summed E-state index contributed by atoms with van der Waals surface area (Å²) in [5, 5.41) is -0.00666. The first-order valence-electron chi connectivity index (χ1n) is 10.3. The molecule has 0 N–H and O–H groups in total. The van der Waals surface area contributed by atoms with E-state index in [-0.39, 0.29) is 9.92 Å². The molecule has 6 nitrogen and oxygen atoms in total. The van der Waals surface area contributed by atoms with E-state index in [1.165, 1.54) is 0 Å². The number of hydrogen-bond acceptors (Lipinski definition) is 6. The molecule has 2 heterocycles. The van der Waals surface area contributed by atoms with E-state index in [2.05, 4.69) is 16.8 Å². The number of rotatable bonds is 5. The lowest BCUT2D eigenvalue weighted by molar-refractivity contribution is 0.266. The zero-order chi connectivity index (χ0) is 21.3. The van der Waals surface area contributed by atoms with Crippen molar-refractivity contribution in [1.29, 1.82) is 0 Å². The fraction of sp³-hybridized carbons (Fsp3) is 0.348. The van der Waals surface area contributed by atoms with Crippen molar-refractivity contribution in [3.8, 4) is 11.5 Å². The van der Waals surface area contributed by atoms with Crippen molar-refractivity contribution < 1.29 is 12.8 Å². The normalized spacial score (nSPS) is 15.5. The van der Waals surface area contributed by atoms with Crippen LogP contribution in [0.3, 0.4) is 0 Å². The molecular formula is C23H27N3O3S. The molecule has 0 spiro atoms. The molecule has 1 aromatic heterocycles. The molecule has 30 heavy (non-hydrogen) atoms. The van der Waals surface area contributed by atoms with Gasteiger partial charge in [-0.1, -0.05) is 42.3 Å². The average molecular weight is 426 g/mol. The summed E-state index contributed by atoms with van der Waals surface area (Å²) in [4.78, 5) is 9.06. The van der Waals surface area contributed by atoms with Gasteiger partial charge in [-0.15, -0.1) is 0 Å². The zero-order valence-electron chi connectivity index (χ0n) is 17.6. The lowest BCUT2D eigenvalue weighted by Gasteiger charge is -2.33. The minimum absolute atomic E-state index is 0.00666. The second-order valence-electron chi connectivity index (χ2n) is 7.74. The molecule has 1 fully saturated rings. The van der Waals surface area contributed by atoms with Crippen LogP contribution in [-0.4, -0.2) is 51.0 Å². The molecule has 158 valence electrons. The van der Waals surface area contributed by atoms with E-state index in [9.17, 15) is 8.42 Å². The van der Waals surface area contributed by atoms with E-state index in [0.717, 1.165) is 36.3 Å². The lowest BCUT2D eigenvalue weighted by Crippen LogP contribution is -2.46. The van der Waals surface area contributed by atoms with Crippen LogP contribution in [-0.2, 0) is 9.84 Å². The molecule has 7 heteroatoms. The summed E-state index contributed by atoms with van der Waals surface area (Å²) >= 11 is 0. The number of hydrogen-bond donors (Lipinski definition) is 0. The molecule has 3 aromatic rings. The smallest absolute Gasteiger partial charge is 0.236 e. The second kappa shape index (κ2) is 8.24. The maximum Gasteiger partial charge on any atom is 0.236 e. The third kappa shape index (κ3) is 4.00. The Morgan fingerprint density at radius 1 is 0.967 bits per heavy atom. The molecule has 0 unspecified atom stereocenters. The second-order valence-corrected chi connectivity index (χ2v) is 9.60. The third-order valence-corrected chi connectivity index (χ3v) is 7.20. The van der Waals surface area contributed by atoms with E-state index in [1.54, 1.807) is 24.3 Å². The minimum Gasteiger partial charge on any atom is -0.419 e. The van der Waals surface area contributed by atoms with Gasteiger partial charge in [0.2, 0.25) is 26.6 Å². The number of aryl methyl sites for hydroxylation is 2. The monoisotopic (exact) mass is 425 g/mol.